The van der Waals surface area contributed by atoms with Gasteiger partial charge < -0.3 is 10.1 Å². The first-order valence-electron chi connectivity index (χ1n) is 5.54. The van der Waals surface area contributed by atoms with Crippen LogP contribution in [0.15, 0.2) is 18.2 Å². The van der Waals surface area contributed by atoms with Gasteiger partial charge in [0.1, 0.15) is 10.6 Å². The van der Waals surface area contributed by atoms with Crippen LogP contribution in [0.25, 0.3) is 0 Å². The number of methoxy groups -OCH3 is 1. The molecule has 0 aromatic heterocycles. The van der Waals surface area contributed by atoms with E-state index < -0.39 is 22.3 Å². The van der Waals surface area contributed by atoms with Crippen molar-refractivity contribution in [3.8, 4) is 0 Å². The van der Waals surface area contributed by atoms with Crippen LogP contribution in [0.1, 0.15) is 24.2 Å². The molecule has 8 heteroatoms. The van der Waals surface area contributed by atoms with E-state index in [2.05, 4.69) is 10.1 Å². The maximum Gasteiger partial charge on any atom is 0.330 e. The molecule has 0 aliphatic carbocycles. The number of hydrogen-bond acceptors (Lipinski definition) is 5. The molecule has 0 spiro atoms. The van der Waals surface area contributed by atoms with Crippen LogP contribution < -0.4 is 5.32 Å². The fourth-order valence-electron chi connectivity index (χ4n) is 1.46. The highest BCUT2D eigenvalue weighted by Gasteiger charge is 2.31. The topological polar surface area (TPSA) is 98.5 Å². The standard InChI is InChI=1S/C12H13ClN2O5/c1-12(2,11(17)20-3)14-10(16)7-4-5-8(13)9(6-7)15(18)19/h4-6H,1-3H3,(H,14,16). The summed E-state index contributed by atoms with van der Waals surface area (Å²) in [6.07, 6.45) is 0. The molecule has 20 heavy (non-hydrogen) atoms. The van der Waals surface area contributed by atoms with Gasteiger partial charge in [-0.3, -0.25) is 14.9 Å². The van der Waals surface area contributed by atoms with Crippen LogP contribution in [-0.2, 0) is 9.53 Å². The maximum atomic E-state index is 12.0. The Morgan fingerprint density at radius 3 is 2.50 bits per heavy atom. The fraction of sp³-hybridized carbons (Fsp3) is 0.333. The third kappa shape index (κ3) is 3.45. The number of esters is 1. The summed E-state index contributed by atoms with van der Waals surface area (Å²) in [5.74, 6) is -1.27. The van der Waals surface area contributed by atoms with Crippen molar-refractivity contribution in [1.82, 2.24) is 5.32 Å². The summed E-state index contributed by atoms with van der Waals surface area (Å²) in [6.45, 7) is 2.92. The first-order chi connectivity index (χ1) is 9.19. The third-order valence-electron chi connectivity index (χ3n) is 2.53. The van der Waals surface area contributed by atoms with Crippen LogP contribution in [0, 0.1) is 10.1 Å². The molecule has 0 saturated carbocycles. The lowest BCUT2D eigenvalue weighted by Crippen LogP contribution is -2.50. The number of amides is 1. The molecular formula is C12H13ClN2O5. The third-order valence-corrected chi connectivity index (χ3v) is 2.85. The molecule has 0 aliphatic rings. The first kappa shape index (κ1) is 15.9. The van der Waals surface area contributed by atoms with E-state index in [1.807, 2.05) is 0 Å². The van der Waals surface area contributed by atoms with Gasteiger partial charge in [-0.15, -0.1) is 0 Å². The number of halogens is 1. The average Bonchev–Trinajstić information content (AvgIpc) is 2.37. The van der Waals surface area contributed by atoms with Crippen molar-refractivity contribution in [3.63, 3.8) is 0 Å². The van der Waals surface area contributed by atoms with Gasteiger partial charge in [-0.25, -0.2) is 4.79 Å². The summed E-state index contributed by atoms with van der Waals surface area (Å²) < 4.78 is 4.55. The summed E-state index contributed by atoms with van der Waals surface area (Å²) in [4.78, 5) is 33.5. The highest BCUT2D eigenvalue weighted by atomic mass is 35.5. The maximum absolute atomic E-state index is 12.0. The SMILES string of the molecule is COC(=O)C(C)(C)NC(=O)c1ccc(Cl)c([N+](=O)[O-])c1. The average molecular weight is 301 g/mol. The Balaban J connectivity index is 3.02. The van der Waals surface area contributed by atoms with Crippen LogP contribution in [0.3, 0.4) is 0 Å². The molecule has 7 nitrogen and oxygen atoms in total. The monoisotopic (exact) mass is 300 g/mol. The number of benzene rings is 1. The van der Waals surface area contributed by atoms with E-state index in [-0.39, 0.29) is 16.3 Å². The van der Waals surface area contributed by atoms with Crippen molar-refractivity contribution in [1.29, 1.82) is 0 Å². The number of nitrogens with zero attached hydrogens (tertiary/aromatic N) is 1. The molecule has 0 atom stereocenters. The van der Waals surface area contributed by atoms with E-state index in [1.54, 1.807) is 0 Å². The fourth-order valence-corrected chi connectivity index (χ4v) is 1.64. The van der Waals surface area contributed by atoms with Gasteiger partial charge in [0.25, 0.3) is 11.6 Å². The van der Waals surface area contributed by atoms with E-state index in [9.17, 15) is 19.7 Å². The Morgan fingerprint density at radius 1 is 1.40 bits per heavy atom. The van der Waals surface area contributed by atoms with Crippen molar-refractivity contribution in [2.45, 2.75) is 19.4 Å². The van der Waals surface area contributed by atoms with Crippen molar-refractivity contribution in [3.05, 3.63) is 38.9 Å². The van der Waals surface area contributed by atoms with Crippen molar-refractivity contribution in [2.75, 3.05) is 7.11 Å². The van der Waals surface area contributed by atoms with Gasteiger partial charge in [0.05, 0.1) is 12.0 Å². The molecule has 1 N–H and O–H groups in total. The van der Waals surface area contributed by atoms with Gasteiger partial charge in [-0.05, 0) is 26.0 Å². The van der Waals surface area contributed by atoms with Crippen molar-refractivity contribution in [2.24, 2.45) is 0 Å². The summed E-state index contributed by atoms with van der Waals surface area (Å²) in [7, 11) is 1.20. The van der Waals surface area contributed by atoms with Gasteiger partial charge in [0.2, 0.25) is 0 Å². The molecule has 0 unspecified atom stereocenters. The van der Waals surface area contributed by atoms with Crippen LogP contribution in [0.2, 0.25) is 5.02 Å². The van der Waals surface area contributed by atoms with Gasteiger partial charge in [0, 0.05) is 11.6 Å². The number of nitro benzene ring substituents is 1. The molecule has 0 radical (unpaired) electrons. The minimum atomic E-state index is -1.25. The van der Waals surface area contributed by atoms with E-state index in [4.69, 9.17) is 11.6 Å². The van der Waals surface area contributed by atoms with Crippen molar-refractivity contribution < 1.29 is 19.2 Å². The number of ether oxygens (including phenoxy) is 1. The number of carbonyl (C=O) groups is 2. The number of hydrogen-bond donors (Lipinski definition) is 1. The Bertz CT molecular complexity index is 571. The predicted octanol–water partition coefficient (Wildman–Crippen LogP) is 1.93. The van der Waals surface area contributed by atoms with Crippen LogP contribution in [0.4, 0.5) is 5.69 Å². The lowest BCUT2D eigenvalue weighted by Gasteiger charge is -2.23. The second kappa shape index (κ2) is 5.87. The Labute approximate surface area is 120 Å². The predicted molar refractivity (Wildman–Crippen MR) is 71.7 cm³/mol. The molecule has 1 aromatic rings. The van der Waals surface area contributed by atoms with Crippen LogP contribution in [0.5, 0.6) is 0 Å². The van der Waals surface area contributed by atoms with Gasteiger partial charge in [-0.2, -0.15) is 0 Å². The molecule has 0 fully saturated rings. The Morgan fingerprint density at radius 2 is 2.00 bits per heavy atom. The Kier molecular flexibility index (Phi) is 4.67. The zero-order valence-corrected chi connectivity index (χ0v) is 11.9. The minimum Gasteiger partial charge on any atom is -0.467 e. The quantitative estimate of drug-likeness (QED) is 0.520. The summed E-state index contributed by atoms with van der Waals surface area (Å²) in [5, 5.41) is 13.1. The molecule has 1 rings (SSSR count). The second-order valence-corrected chi connectivity index (χ2v) is 4.90. The highest BCUT2D eigenvalue weighted by Crippen LogP contribution is 2.25. The lowest BCUT2D eigenvalue weighted by molar-refractivity contribution is -0.384. The highest BCUT2D eigenvalue weighted by molar-refractivity contribution is 6.32. The van der Waals surface area contributed by atoms with Gasteiger partial charge >= 0.3 is 5.97 Å². The molecule has 0 bridgehead atoms. The lowest BCUT2D eigenvalue weighted by atomic mass is 10.0. The second-order valence-electron chi connectivity index (χ2n) is 4.49. The van der Waals surface area contributed by atoms with Crippen molar-refractivity contribution >= 4 is 29.2 Å². The number of rotatable bonds is 4. The molecular weight excluding hydrogens is 288 g/mol. The smallest absolute Gasteiger partial charge is 0.330 e. The van der Waals surface area contributed by atoms with Crippen LogP contribution >= 0.6 is 11.6 Å². The molecule has 108 valence electrons. The van der Waals surface area contributed by atoms with E-state index in [0.717, 1.165) is 6.07 Å². The normalized spacial score (nSPS) is 10.8. The number of nitro groups is 1. The number of nitrogens with one attached hydrogen (secondary N) is 1. The molecule has 0 saturated heterocycles. The largest absolute Gasteiger partial charge is 0.467 e. The minimum absolute atomic E-state index is 0.0260. The molecule has 0 heterocycles. The van der Waals surface area contributed by atoms with E-state index in [0.29, 0.717) is 0 Å². The zero-order valence-electron chi connectivity index (χ0n) is 11.1. The van der Waals surface area contributed by atoms with Gasteiger partial charge in [-0.1, -0.05) is 11.6 Å². The summed E-state index contributed by atoms with van der Waals surface area (Å²) >= 11 is 5.65. The van der Waals surface area contributed by atoms with Crippen LogP contribution in [-0.4, -0.2) is 29.4 Å². The molecule has 1 amide bonds. The molecule has 1 aromatic carbocycles. The van der Waals surface area contributed by atoms with E-state index in [1.165, 1.54) is 33.1 Å². The van der Waals surface area contributed by atoms with Gasteiger partial charge in [0.15, 0.2) is 0 Å². The summed E-state index contributed by atoms with van der Waals surface area (Å²) in [6, 6.07) is 3.63. The summed E-state index contributed by atoms with van der Waals surface area (Å²) in [5.41, 5.74) is -1.60. The van der Waals surface area contributed by atoms with E-state index >= 15 is 0 Å². The molecule has 0 aliphatic heterocycles. The zero-order chi connectivity index (χ0) is 15.5. The Hall–Kier alpha value is -2.15. The first-order valence-corrected chi connectivity index (χ1v) is 5.91. The number of carbonyl (C=O) groups excluding carboxylic acids is 2.